The molecule has 3 N–H and O–H groups in total. The van der Waals surface area contributed by atoms with E-state index in [2.05, 4.69) is 11.5 Å². The predicted octanol–water partition coefficient (Wildman–Crippen LogP) is 1.49. The molecule has 0 aliphatic carbocycles. The molecule has 68 valence electrons. The fraction of sp³-hybridized carbons (Fsp3) is 0.300. The molecule has 1 aromatic carbocycles. The summed E-state index contributed by atoms with van der Waals surface area (Å²) in [4.78, 5) is 0. The van der Waals surface area contributed by atoms with Crippen LogP contribution in [0.2, 0.25) is 0 Å². The molecule has 0 heterocycles. The molecule has 13 heavy (non-hydrogen) atoms. The van der Waals surface area contributed by atoms with E-state index in [-0.39, 0.29) is 6.04 Å². The van der Waals surface area contributed by atoms with Crippen molar-refractivity contribution in [3.05, 3.63) is 35.9 Å². The maximum Gasteiger partial charge on any atom is 0.0622 e. The molecule has 0 aliphatic heterocycles. The number of nitrogens with two attached hydrogens (primary N) is 1. The maximum atomic E-state index is 8.44. The van der Waals surface area contributed by atoms with Gasteiger partial charge in [0.1, 0.15) is 0 Å². The maximum absolute atomic E-state index is 8.44. The summed E-state index contributed by atoms with van der Waals surface area (Å²) in [6, 6.07) is 12.1. The van der Waals surface area contributed by atoms with E-state index in [9.17, 15) is 0 Å². The van der Waals surface area contributed by atoms with Crippen LogP contribution in [-0.4, -0.2) is 0 Å². The fourth-order valence-electron chi connectivity index (χ4n) is 1.24. The minimum absolute atomic E-state index is 0.0841. The van der Waals surface area contributed by atoms with Crippen molar-refractivity contribution in [2.24, 2.45) is 5.84 Å². The Kier molecular flexibility index (Phi) is 3.97. The van der Waals surface area contributed by atoms with Gasteiger partial charge in [-0.25, -0.2) is 0 Å². The first-order valence-electron chi connectivity index (χ1n) is 4.26. The van der Waals surface area contributed by atoms with Gasteiger partial charge in [-0.2, -0.15) is 5.26 Å². The number of nitrogens with zero attached hydrogens (tertiary/aromatic N) is 1. The normalized spacial score (nSPS) is 12.0. The number of hydrazine groups is 1. The summed E-state index contributed by atoms with van der Waals surface area (Å²) in [5.41, 5.74) is 3.83. The van der Waals surface area contributed by atoms with Crippen molar-refractivity contribution in [2.75, 3.05) is 0 Å². The number of hydrogen-bond acceptors (Lipinski definition) is 3. The van der Waals surface area contributed by atoms with Crippen LogP contribution in [0, 0.1) is 11.3 Å². The van der Waals surface area contributed by atoms with Crippen molar-refractivity contribution in [2.45, 2.75) is 18.9 Å². The summed E-state index contributed by atoms with van der Waals surface area (Å²) < 4.78 is 0. The Bertz CT molecular complexity index is 276. The minimum atomic E-state index is 0.0841. The SMILES string of the molecule is N#CCCC(NN)c1ccccc1. The van der Waals surface area contributed by atoms with Crippen molar-refractivity contribution >= 4 is 0 Å². The summed E-state index contributed by atoms with van der Waals surface area (Å²) >= 11 is 0. The third-order valence-electron chi connectivity index (χ3n) is 1.95. The highest BCUT2D eigenvalue weighted by Gasteiger charge is 2.07. The molecule has 1 unspecified atom stereocenters. The molecule has 0 aromatic heterocycles. The highest BCUT2D eigenvalue weighted by molar-refractivity contribution is 5.18. The van der Waals surface area contributed by atoms with Gasteiger partial charge >= 0.3 is 0 Å². The van der Waals surface area contributed by atoms with E-state index in [4.69, 9.17) is 11.1 Å². The molecule has 0 aliphatic rings. The van der Waals surface area contributed by atoms with Crippen molar-refractivity contribution in [3.8, 4) is 6.07 Å². The van der Waals surface area contributed by atoms with Crippen molar-refractivity contribution in [1.82, 2.24) is 5.43 Å². The van der Waals surface area contributed by atoms with Gasteiger partial charge in [-0.1, -0.05) is 30.3 Å². The van der Waals surface area contributed by atoms with Crippen LogP contribution in [-0.2, 0) is 0 Å². The topological polar surface area (TPSA) is 61.8 Å². The van der Waals surface area contributed by atoms with Gasteiger partial charge in [0.2, 0.25) is 0 Å². The Hall–Kier alpha value is -1.37. The van der Waals surface area contributed by atoms with Crippen LogP contribution in [0.15, 0.2) is 30.3 Å². The number of benzene rings is 1. The Balaban J connectivity index is 2.63. The quantitative estimate of drug-likeness (QED) is 0.538. The zero-order valence-corrected chi connectivity index (χ0v) is 7.40. The lowest BCUT2D eigenvalue weighted by molar-refractivity contribution is 0.523. The van der Waals surface area contributed by atoms with E-state index >= 15 is 0 Å². The Labute approximate surface area is 78.1 Å². The summed E-state index contributed by atoms with van der Waals surface area (Å²) in [5, 5.41) is 8.44. The molecule has 0 radical (unpaired) electrons. The second-order valence-electron chi connectivity index (χ2n) is 2.83. The van der Waals surface area contributed by atoms with E-state index in [1.165, 1.54) is 0 Å². The van der Waals surface area contributed by atoms with Crippen LogP contribution < -0.4 is 11.3 Å². The monoisotopic (exact) mass is 175 g/mol. The van der Waals surface area contributed by atoms with E-state index in [0.29, 0.717) is 6.42 Å². The third kappa shape index (κ3) is 2.86. The first-order chi connectivity index (χ1) is 6.38. The summed E-state index contributed by atoms with van der Waals surface area (Å²) in [6.45, 7) is 0. The lowest BCUT2D eigenvalue weighted by Gasteiger charge is -2.13. The fourth-order valence-corrected chi connectivity index (χ4v) is 1.24. The van der Waals surface area contributed by atoms with Gasteiger partial charge in [-0.3, -0.25) is 11.3 Å². The zero-order chi connectivity index (χ0) is 9.52. The predicted molar refractivity (Wildman–Crippen MR) is 51.4 cm³/mol. The summed E-state index contributed by atoms with van der Waals surface area (Å²) in [7, 11) is 0. The summed E-state index contributed by atoms with van der Waals surface area (Å²) in [5.74, 6) is 5.39. The van der Waals surface area contributed by atoms with Crippen molar-refractivity contribution in [1.29, 1.82) is 5.26 Å². The molecule has 0 saturated carbocycles. The molecular weight excluding hydrogens is 162 g/mol. The van der Waals surface area contributed by atoms with Gasteiger partial charge in [0.05, 0.1) is 6.07 Å². The molecule has 1 atom stereocenters. The molecule has 3 nitrogen and oxygen atoms in total. The van der Waals surface area contributed by atoms with Gasteiger partial charge in [-0.05, 0) is 12.0 Å². The van der Waals surface area contributed by atoms with E-state index in [1.54, 1.807) is 0 Å². The van der Waals surface area contributed by atoms with Crippen LogP contribution in [0.4, 0.5) is 0 Å². The lowest BCUT2D eigenvalue weighted by atomic mass is 10.0. The van der Waals surface area contributed by atoms with Crippen LogP contribution in [0.5, 0.6) is 0 Å². The first kappa shape index (κ1) is 9.72. The number of nitriles is 1. The minimum Gasteiger partial charge on any atom is -0.271 e. The van der Waals surface area contributed by atoms with Gasteiger partial charge in [0, 0.05) is 12.5 Å². The van der Waals surface area contributed by atoms with Crippen molar-refractivity contribution in [3.63, 3.8) is 0 Å². The summed E-state index contributed by atoms with van der Waals surface area (Å²) in [6.07, 6.45) is 1.26. The zero-order valence-electron chi connectivity index (χ0n) is 7.40. The van der Waals surface area contributed by atoms with Gasteiger partial charge < -0.3 is 0 Å². The first-order valence-corrected chi connectivity index (χ1v) is 4.26. The smallest absolute Gasteiger partial charge is 0.0622 e. The van der Waals surface area contributed by atoms with Gasteiger partial charge in [-0.15, -0.1) is 0 Å². The average molecular weight is 175 g/mol. The molecular formula is C10H13N3. The lowest BCUT2D eigenvalue weighted by Crippen LogP contribution is -2.27. The molecule has 3 heteroatoms. The number of nitrogens with one attached hydrogen (secondary N) is 1. The molecule has 1 rings (SSSR count). The Morgan fingerprint density at radius 1 is 1.38 bits per heavy atom. The van der Waals surface area contributed by atoms with Gasteiger partial charge in [0.15, 0.2) is 0 Å². The third-order valence-corrected chi connectivity index (χ3v) is 1.95. The van der Waals surface area contributed by atoms with E-state index in [0.717, 1.165) is 12.0 Å². The van der Waals surface area contributed by atoms with Crippen LogP contribution in [0.3, 0.4) is 0 Å². The second-order valence-corrected chi connectivity index (χ2v) is 2.83. The Morgan fingerprint density at radius 3 is 2.62 bits per heavy atom. The number of hydrogen-bond donors (Lipinski definition) is 2. The second kappa shape index (κ2) is 5.31. The largest absolute Gasteiger partial charge is 0.271 e. The highest BCUT2D eigenvalue weighted by Crippen LogP contribution is 2.16. The van der Waals surface area contributed by atoms with E-state index in [1.807, 2.05) is 30.3 Å². The van der Waals surface area contributed by atoms with Crippen LogP contribution >= 0.6 is 0 Å². The van der Waals surface area contributed by atoms with Crippen LogP contribution in [0.25, 0.3) is 0 Å². The highest BCUT2D eigenvalue weighted by atomic mass is 15.2. The molecule has 0 spiro atoms. The van der Waals surface area contributed by atoms with Crippen LogP contribution in [0.1, 0.15) is 24.4 Å². The molecule has 0 saturated heterocycles. The molecule has 0 amide bonds. The Morgan fingerprint density at radius 2 is 2.08 bits per heavy atom. The van der Waals surface area contributed by atoms with Gasteiger partial charge in [0.25, 0.3) is 0 Å². The van der Waals surface area contributed by atoms with Crippen molar-refractivity contribution < 1.29 is 0 Å². The molecule has 0 fully saturated rings. The average Bonchev–Trinajstić information content (AvgIpc) is 2.21. The molecule has 1 aromatic rings. The van der Waals surface area contributed by atoms with E-state index < -0.39 is 0 Å². The molecule has 0 bridgehead atoms. The number of rotatable bonds is 4. The standard InChI is InChI=1S/C10H13N3/c11-8-4-7-10(13-12)9-5-2-1-3-6-9/h1-3,5-6,10,13H,4,7,12H2.